The summed E-state index contributed by atoms with van der Waals surface area (Å²) in [7, 11) is 0. The monoisotopic (exact) mass is 327 g/mol. The van der Waals surface area contributed by atoms with Gasteiger partial charge in [0.15, 0.2) is 5.79 Å². The minimum absolute atomic E-state index is 0.0226. The summed E-state index contributed by atoms with van der Waals surface area (Å²) in [6.07, 6.45) is 1.97. The molecule has 1 unspecified atom stereocenters. The number of fused-ring (bicyclic) bond motifs is 1. The van der Waals surface area contributed by atoms with E-state index in [0.717, 1.165) is 10.9 Å². The number of ether oxygens (including phenoxy) is 2. The highest BCUT2D eigenvalue weighted by Gasteiger charge is 2.32. The zero-order valence-corrected chi connectivity index (χ0v) is 12.4. The summed E-state index contributed by atoms with van der Waals surface area (Å²) in [5.74, 6) is -0.757. The molecule has 3 nitrogen and oxygen atoms in total. The molecule has 102 valence electrons. The lowest BCUT2D eigenvalue weighted by Gasteiger charge is -2.17. The second-order valence-corrected chi connectivity index (χ2v) is 6.01. The van der Waals surface area contributed by atoms with Crippen LogP contribution in [0.3, 0.4) is 0 Å². The third kappa shape index (κ3) is 2.42. The summed E-state index contributed by atoms with van der Waals surface area (Å²) in [5.41, 5.74) is 0.988. The highest BCUT2D eigenvalue weighted by molar-refractivity contribution is 9.10. The van der Waals surface area contributed by atoms with Crippen molar-refractivity contribution >= 4 is 26.8 Å². The average Bonchev–Trinajstić information content (AvgIpc) is 2.89. The van der Waals surface area contributed by atoms with E-state index in [9.17, 15) is 4.39 Å². The Morgan fingerprint density at radius 1 is 1.42 bits per heavy atom. The Bertz CT molecular complexity index is 623. The van der Waals surface area contributed by atoms with Crippen LogP contribution >= 0.6 is 15.9 Å². The van der Waals surface area contributed by atoms with E-state index in [1.54, 1.807) is 6.07 Å². The summed E-state index contributed by atoms with van der Waals surface area (Å²) in [4.78, 5) is 0. The van der Waals surface area contributed by atoms with Crippen LogP contribution in [0.2, 0.25) is 0 Å². The molecule has 0 N–H and O–H groups in total. The molecule has 2 aromatic rings. The van der Waals surface area contributed by atoms with Crippen molar-refractivity contribution < 1.29 is 13.9 Å². The minimum atomic E-state index is -0.514. The molecule has 0 spiro atoms. The van der Waals surface area contributed by atoms with Crippen LogP contribution in [-0.2, 0) is 16.0 Å². The van der Waals surface area contributed by atoms with Gasteiger partial charge in [0, 0.05) is 17.1 Å². The third-order valence-corrected chi connectivity index (χ3v) is 4.11. The quantitative estimate of drug-likeness (QED) is 0.839. The van der Waals surface area contributed by atoms with Gasteiger partial charge in [-0.15, -0.1) is 0 Å². The zero-order valence-electron chi connectivity index (χ0n) is 10.8. The average molecular weight is 328 g/mol. The first-order valence-electron chi connectivity index (χ1n) is 6.21. The van der Waals surface area contributed by atoms with E-state index in [0.29, 0.717) is 17.6 Å². The van der Waals surface area contributed by atoms with Gasteiger partial charge in [0.1, 0.15) is 11.9 Å². The number of benzene rings is 1. The Balaban J connectivity index is 1.88. The highest BCUT2D eigenvalue weighted by atomic mass is 79.9. The van der Waals surface area contributed by atoms with Gasteiger partial charge < -0.3 is 14.0 Å². The first-order valence-corrected chi connectivity index (χ1v) is 7.00. The molecule has 0 radical (unpaired) electrons. The summed E-state index contributed by atoms with van der Waals surface area (Å²) < 4.78 is 27.4. The van der Waals surface area contributed by atoms with E-state index in [1.165, 1.54) is 6.07 Å². The Hall–Kier alpha value is -0.910. The number of halogens is 2. The normalized spacial score (nSPS) is 22.2. The van der Waals surface area contributed by atoms with Gasteiger partial charge in [0.25, 0.3) is 0 Å². The van der Waals surface area contributed by atoms with Crippen molar-refractivity contribution in [3.63, 3.8) is 0 Å². The van der Waals surface area contributed by atoms with Gasteiger partial charge in [-0.25, -0.2) is 4.39 Å². The van der Waals surface area contributed by atoms with Crippen molar-refractivity contribution in [2.24, 2.45) is 0 Å². The Labute approximate surface area is 119 Å². The van der Waals surface area contributed by atoms with Crippen LogP contribution in [0.4, 0.5) is 4.39 Å². The van der Waals surface area contributed by atoms with Gasteiger partial charge in [0.05, 0.1) is 17.6 Å². The molecular weight excluding hydrogens is 313 g/mol. The maximum Gasteiger partial charge on any atom is 0.163 e. The van der Waals surface area contributed by atoms with Crippen molar-refractivity contribution in [3.8, 4) is 0 Å². The van der Waals surface area contributed by atoms with Gasteiger partial charge >= 0.3 is 0 Å². The van der Waals surface area contributed by atoms with E-state index >= 15 is 0 Å². The molecular formula is C14H15BrFNO2. The second-order valence-electron chi connectivity index (χ2n) is 5.21. The predicted molar refractivity (Wildman–Crippen MR) is 74.5 cm³/mol. The number of aromatic nitrogens is 1. The molecule has 1 aromatic carbocycles. The van der Waals surface area contributed by atoms with Crippen molar-refractivity contribution in [3.05, 3.63) is 34.7 Å². The Morgan fingerprint density at radius 3 is 2.89 bits per heavy atom. The number of hydrogen-bond donors (Lipinski definition) is 0. The first-order chi connectivity index (χ1) is 8.96. The Morgan fingerprint density at radius 2 is 2.21 bits per heavy atom. The van der Waals surface area contributed by atoms with Crippen molar-refractivity contribution in [2.75, 3.05) is 6.61 Å². The lowest BCUT2D eigenvalue weighted by atomic mass is 10.2. The van der Waals surface area contributed by atoms with Gasteiger partial charge in [-0.3, -0.25) is 0 Å². The van der Waals surface area contributed by atoms with Crippen LogP contribution in [0.1, 0.15) is 13.8 Å². The standard InChI is InChI=1S/C14H15BrFNO2/c1-14(2)18-8-9(19-14)7-17-6-5-10-12(17)4-3-11(16)13(10)15/h3-6,9H,7-8H2,1-2H3. The maximum atomic E-state index is 13.5. The fourth-order valence-electron chi connectivity index (χ4n) is 2.44. The molecule has 0 saturated carbocycles. The number of rotatable bonds is 2. The number of nitrogens with zero attached hydrogens (tertiary/aromatic N) is 1. The molecule has 1 atom stereocenters. The Kier molecular flexibility index (Phi) is 3.15. The van der Waals surface area contributed by atoms with Crippen LogP contribution < -0.4 is 0 Å². The molecule has 0 amide bonds. The molecule has 0 aliphatic carbocycles. The van der Waals surface area contributed by atoms with Crippen molar-refractivity contribution in [2.45, 2.75) is 32.3 Å². The number of hydrogen-bond acceptors (Lipinski definition) is 2. The lowest BCUT2D eigenvalue weighted by Crippen LogP contribution is -2.23. The molecule has 2 heterocycles. The smallest absolute Gasteiger partial charge is 0.163 e. The maximum absolute atomic E-state index is 13.5. The van der Waals surface area contributed by atoms with E-state index in [2.05, 4.69) is 20.5 Å². The first kappa shape index (κ1) is 13.1. The van der Waals surface area contributed by atoms with Crippen molar-refractivity contribution in [1.29, 1.82) is 0 Å². The van der Waals surface area contributed by atoms with Gasteiger partial charge in [-0.1, -0.05) is 0 Å². The van der Waals surface area contributed by atoms with Crippen LogP contribution in [0, 0.1) is 5.82 Å². The van der Waals surface area contributed by atoms with E-state index in [1.807, 2.05) is 26.1 Å². The van der Waals surface area contributed by atoms with Gasteiger partial charge in [-0.05, 0) is 48.0 Å². The zero-order chi connectivity index (χ0) is 13.6. The summed E-state index contributed by atoms with van der Waals surface area (Å²) in [6, 6.07) is 5.17. The fourth-order valence-corrected chi connectivity index (χ4v) is 2.91. The summed E-state index contributed by atoms with van der Waals surface area (Å²) >= 11 is 3.28. The SMILES string of the molecule is CC1(C)OCC(Cn2ccc3c(Br)c(F)ccc32)O1. The van der Waals surface area contributed by atoms with Gasteiger partial charge in [-0.2, -0.15) is 0 Å². The molecule has 1 aliphatic heterocycles. The van der Waals surface area contributed by atoms with Crippen molar-refractivity contribution in [1.82, 2.24) is 4.57 Å². The molecule has 1 aliphatic rings. The molecule has 0 bridgehead atoms. The van der Waals surface area contributed by atoms with E-state index in [4.69, 9.17) is 9.47 Å². The summed E-state index contributed by atoms with van der Waals surface area (Å²) in [6.45, 7) is 5.10. The highest BCUT2D eigenvalue weighted by Crippen LogP contribution is 2.29. The predicted octanol–water partition coefficient (Wildman–Crippen LogP) is 3.69. The largest absolute Gasteiger partial charge is 0.348 e. The molecule has 3 rings (SSSR count). The molecule has 1 saturated heterocycles. The molecule has 1 aromatic heterocycles. The fraction of sp³-hybridized carbons (Fsp3) is 0.429. The van der Waals surface area contributed by atoms with Crippen LogP contribution in [-0.4, -0.2) is 23.1 Å². The van der Waals surface area contributed by atoms with Gasteiger partial charge in [0.2, 0.25) is 0 Å². The third-order valence-electron chi connectivity index (χ3n) is 3.31. The topological polar surface area (TPSA) is 23.4 Å². The van der Waals surface area contributed by atoms with Crippen LogP contribution in [0.15, 0.2) is 28.9 Å². The summed E-state index contributed by atoms with van der Waals surface area (Å²) in [5, 5.41) is 0.873. The molecule has 1 fully saturated rings. The van der Waals surface area contributed by atoms with Crippen LogP contribution in [0.25, 0.3) is 10.9 Å². The molecule has 5 heteroatoms. The second kappa shape index (κ2) is 4.58. The minimum Gasteiger partial charge on any atom is -0.348 e. The molecule has 19 heavy (non-hydrogen) atoms. The van der Waals surface area contributed by atoms with E-state index in [-0.39, 0.29) is 11.9 Å². The lowest BCUT2D eigenvalue weighted by molar-refractivity contribution is -0.139. The van der Waals surface area contributed by atoms with Crippen LogP contribution in [0.5, 0.6) is 0 Å². The van der Waals surface area contributed by atoms with E-state index < -0.39 is 5.79 Å².